The summed E-state index contributed by atoms with van der Waals surface area (Å²) in [5, 5.41) is 26.2. The summed E-state index contributed by atoms with van der Waals surface area (Å²) in [5.74, 6) is 0.0843. The molecule has 3 N–H and O–H groups in total. The minimum atomic E-state index is -1.16. The van der Waals surface area contributed by atoms with E-state index in [0.717, 1.165) is 11.7 Å². The molecule has 3 rings (SSSR count). The Labute approximate surface area is 161 Å². The van der Waals surface area contributed by atoms with Crippen molar-refractivity contribution in [3.8, 4) is 5.75 Å². The van der Waals surface area contributed by atoms with E-state index in [4.69, 9.17) is 5.11 Å². The van der Waals surface area contributed by atoms with Crippen LogP contribution in [-0.2, 0) is 4.79 Å². The number of amides is 1. The summed E-state index contributed by atoms with van der Waals surface area (Å²) in [7, 11) is 0. The zero-order valence-corrected chi connectivity index (χ0v) is 16.0. The number of pyridine rings is 1. The third-order valence-electron chi connectivity index (χ3n) is 5.07. The molecule has 8 nitrogen and oxygen atoms in total. The predicted octanol–water partition coefficient (Wildman–Crippen LogP) is 2.56. The molecule has 1 atom stereocenters. The van der Waals surface area contributed by atoms with E-state index in [1.54, 1.807) is 11.8 Å². The van der Waals surface area contributed by atoms with Gasteiger partial charge in [0.05, 0.1) is 0 Å². The van der Waals surface area contributed by atoms with Gasteiger partial charge in [0.1, 0.15) is 29.2 Å². The summed E-state index contributed by atoms with van der Waals surface area (Å²) in [6.45, 7) is 1.73. The number of fused-ring (bicyclic) bond motifs is 1. The number of rotatable bonds is 7. The number of aliphatic carboxylic acids is 1. The predicted molar refractivity (Wildman–Crippen MR) is 101 cm³/mol. The molecule has 1 saturated carbocycles. The third kappa shape index (κ3) is 4.52. The maximum Gasteiger partial charge on any atom is 0.322 e. The maximum atomic E-state index is 12.2. The molecule has 2 aromatic heterocycles. The lowest BCUT2D eigenvalue weighted by Gasteiger charge is -2.27. The van der Waals surface area contributed by atoms with Crippen molar-refractivity contribution in [2.75, 3.05) is 12.3 Å². The average Bonchev–Trinajstić information content (AvgIpc) is 3.14. The second-order valence-electron chi connectivity index (χ2n) is 7.00. The number of carboxylic acid groups (broad SMARTS) is 1. The Morgan fingerprint density at radius 2 is 2.11 bits per heavy atom. The molecule has 0 aromatic carbocycles. The van der Waals surface area contributed by atoms with Gasteiger partial charge in [-0.3, -0.25) is 9.59 Å². The number of carboxylic acids is 1. The highest BCUT2D eigenvalue weighted by molar-refractivity contribution is 7.99. The second-order valence-corrected chi connectivity index (χ2v) is 8.04. The summed E-state index contributed by atoms with van der Waals surface area (Å²) in [5.41, 5.74) is 0.143. The summed E-state index contributed by atoms with van der Waals surface area (Å²) >= 11 is 1.58. The fourth-order valence-corrected chi connectivity index (χ4v) is 4.72. The monoisotopic (exact) mass is 392 g/mol. The Morgan fingerprint density at radius 3 is 2.81 bits per heavy atom. The number of nitrogens with one attached hydrogen (secondary N) is 1. The molecular formula is C18H24N4O4S. The first-order valence-electron chi connectivity index (χ1n) is 9.16. The Morgan fingerprint density at radius 1 is 1.37 bits per heavy atom. The van der Waals surface area contributed by atoms with Crippen LogP contribution < -0.4 is 5.32 Å². The summed E-state index contributed by atoms with van der Waals surface area (Å²) in [4.78, 5) is 27.0. The average molecular weight is 392 g/mol. The topological polar surface area (TPSA) is 117 Å². The van der Waals surface area contributed by atoms with Gasteiger partial charge in [0, 0.05) is 11.8 Å². The molecule has 1 unspecified atom stereocenters. The Hall–Kier alpha value is -2.29. The molecule has 1 amide bonds. The highest BCUT2D eigenvalue weighted by atomic mass is 32.2. The molecular weight excluding hydrogens is 368 g/mol. The molecule has 1 aliphatic rings. The van der Waals surface area contributed by atoms with Gasteiger partial charge in [-0.05, 0) is 11.8 Å². The first-order chi connectivity index (χ1) is 13.0. The first kappa shape index (κ1) is 19.5. The van der Waals surface area contributed by atoms with Crippen molar-refractivity contribution in [1.82, 2.24) is 19.9 Å². The Balaban J connectivity index is 1.77. The third-order valence-corrected chi connectivity index (χ3v) is 6.35. The van der Waals surface area contributed by atoms with Crippen LogP contribution in [0.25, 0.3) is 5.65 Å². The maximum absolute atomic E-state index is 12.2. The zero-order chi connectivity index (χ0) is 19.4. The molecule has 0 spiro atoms. The molecule has 0 radical (unpaired) electrons. The minimum absolute atomic E-state index is 0.0709. The molecule has 0 aliphatic heterocycles. The van der Waals surface area contributed by atoms with Crippen molar-refractivity contribution < 1.29 is 19.8 Å². The summed E-state index contributed by atoms with van der Waals surface area (Å²) < 4.78 is 1.52. The molecule has 2 aromatic rings. The van der Waals surface area contributed by atoms with Gasteiger partial charge in [-0.2, -0.15) is 5.10 Å². The van der Waals surface area contributed by atoms with Crippen LogP contribution in [0, 0.1) is 11.8 Å². The number of carbonyl (C=O) groups is 2. The lowest BCUT2D eigenvalue weighted by Crippen LogP contribution is -2.29. The lowest BCUT2D eigenvalue weighted by atomic mass is 9.82. The van der Waals surface area contributed by atoms with Crippen LogP contribution in [0.15, 0.2) is 17.4 Å². The Bertz CT molecular complexity index is 832. The minimum Gasteiger partial charge on any atom is -0.507 e. The van der Waals surface area contributed by atoms with Gasteiger partial charge < -0.3 is 15.5 Å². The van der Waals surface area contributed by atoms with Gasteiger partial charge in [-0.15, -0.1) is 11.8 Å². The van der Waals surface area contributed by atoms with Crippen LogP contribution in [-0.4, -0.2) is 49.0 Å². The van der Waals surface area contributed by atoms with Gasteiger partial charge in [0.15, 0.2) is 5.65 Å². The molecule has 1 fully saturated rings. The standard InChI is InChI=1S/C18H24N4O4S/c1-11(12-5-3-2-4-6-12)9-27-14-7-13(23)16(17-20-10-21-22(14)17)18(26)19-8-15(24)25/h7,10-12,23H,2-6,8-9H2,1H3,(H,19,26)(H,24,25). The van der Waals surface area contributed by atoms with Crippen LogP contribution in [0.5, 0.6) is 5.75 Å². The van der Waals surface area contributed by atoms with E-state index in [1.165, 1.54) is 49.0 Å². The van der Waals surface area contributed by atoms with E-state index in [2.05, 4.69) is 22.3 Å². The van der Waals surface area contributed by atoms with Crippen molar-refractivity contribution in [2.45, 2.75) is 44.1 Å². The Kier molecular flexibility index (Phi) is 6.20. The number of aromatic hydroxyl groups is 1. The normalized spacial score (nSPS) is 16.3. The molecule has 27 heavy (non-hydrogen) atoms. The first-order valence-corrected chi connectivity index (χ1v) is 10.1. The van der Waals surface area contributed by atoms with Gasteiger partial charge in [0.2, 0.25) is 0 Å². The van der Waals surface area contributed by atoms with Crippen LogP contribution >= 0.6 is 11.8 Å². The number of thioether (sulfide) groups is 1. The van der Waals surface area contributed by atoms with E-state index in [0.29, 0.717) is 10.9 Å². The molecule has 9 heteroatoms. The van der Waals surface area contributed by atoms with E-state index in [-0.39, 0.29) is 17.0 Å². The summed E-state index contributed by atoms with van der Waals surface area (Å²) in [6, 6.07) is 1.50. The second kappa shape index (κ2) is 8.60. The SMILES string of the molecule is CC(CSc1cc(O)c(C(=O)NCC(=O)O)c2ncnn12)C1CCCCC1. The highest BCUT2D eigenvalue weighted by Gasteiger charge is 2.23. The van der Waals surface area contributed by atoms with Crippen molar-refractivity contribution in [2.24, 2.45) is 11.8 Å². The summed E-state index contributed by atoms with van der Waals surface area (Å²) in [6.07, 6.45) is 7.79. The van der Waals surface area contributed by atoms with Crippen LogP contribution in [0.1, 0.15) is 49.4 Å². The van der Waals surface area contributed by atoms with Crippen molar-refractivity contribution in [1.29, 1.82) is 0 Å². The largest absolute Gasteiger partial charge is 0.507 e. The number of hydrogen-bond donors (Lipinski definition) is 3. The molecule has 1 aliphatic carbocycles. The molecule has 2 heterocycles. The van der Waals surface area contributed by atoms with E-state index < -0.39 is 18.4 Å². The number of nitrogens with zero attached hydrogens (tertiary/aromatic N) is 3. The molecule has 0 bridgehead atoms. The highest BCUT2D eigenvalue weighted by Crippen LogP contribution is 2.35. The quantitative estimate of drug-likeness (QED) is 0.620. The van der Waals surface area contributed by atoms with Crippen LogP contribution in [0.2, 0.25) is 0 Å². The van der Waals surface area contributed by atoms with Gasteiger partial charge in [-0.25, -0.2) is 9.50 Å². The fourth-order valence-electron chi connectivity index (χ4n) is 3.56. The van der Waals surface area contributed by atoms with E-state index >= 15 is 0 Å². The fraction of sp³-hybridized carbons (Fsp3) is 0.556. The smallest absolute Gasteiger partial charge is 0.322 e. The van der Waals surface area contributed by atoms with Crippen molar-refractivity contribution in [3.63, 3.8) is 0 Å². The van der Waals surface area contributed by atoms with Crippen molar-refractivity contribution >= 4 is 29.3 Å². The number of hydrogen-bond acceptors (Lipinski definition) is 6. The zero-order valence-electron chi connectivity index (χ0n) is 15.2. The van der Waals surface area contributed by atoms with Gasteiger partial charge in [-0.1, -0.05) is 39.0 Å². The lowest BCUT2D eigenvalue weighted by molar-refractivity contribution is -0.135. The van der Waals surface area contributed by atoms with E-state index in [9.17, 15) is 14.7 Å². The molecule has 0 saturated heterocycles. The van der Waals surface area contributed by atoms with Crippen LogP contribution in [0.3, 0.4) is 0 Å². The van der Waals surface area contributed by atoms with Crippen LogP contribution in [0.4, 0.5) is 0 Å². The van der Waals surface area contributed by atoms with Gasteiger partial charge >= 0.3 is 5.97 Å². The number of carbonyl (C=O) groups excluding carboxylic acids is 1. The number of aromatic nitrogens is 3. The van der Waals surface area contributed by atoms with E-state index in [1.807, 2.05) is 0 Å². The van der Waals surface area contributed by atoms with Gasteiger partial charge in [0.25, 0.3) is 5.91 Å². The van der Waals surface area contributed by atoms with Crippen molar-refractivity contribution in [3.05, 3.63) is 18.0 Å². The molecule has 146 valence electrons.